The molecule has 3 heterocycles. The third-order valence-electron chi connectivity index (χ3n) is 5.20. The number of nitrogens with zero attached hydrogens (tertiary/aromatic N) is 2. The quantitative estimate of drug-likeness (QED) is 0.840. The minimum atomic E-state index is -0.0978. The van der Waals surface area contributed by atoms with Crippen molar-refractivity contribution in [2.24, 2.45) is 0 Å². The van der Waals surface area contributed by atoms with Gasteiger partial charge < -0.3 is 14.4 Å². The van der Waals surface area contributed by atoms with Crippen LogP contribution in [0.1, 0.15) is 44.8 Å². The van der Waals surface area contributed by atoms with Gasteiger partial charge in [-0.25, -0.2) is 4.98 Å². The minimum absolute atomic E-state index is 0.0978. The normalized spacial score (nSPS) is 25.8. The molecule has 0 spiro atoms. The van der Waals surface area contributed by atoms with E-state index in [1.54, 1.807) is 6.20 Å². The van der Waals surface area contributed by atoms with Crippen molar-refractivity contribution in [1.29, 1.82) is 0 Å². The molecule has 4 rings (SSSR count). The van der Waals surface area contributed by atoms with Crippen molar-refractivity contribution in [3.63, 3.8) is 0 Å². The summed E-state index contributed by atoms with van der Waals surface area (Å²) in [5.74, 6) is 1.30. The van der Waals surface area contributed by atoms with Gasteiger partial charge in [-0.2, -0.15) is 0 Å². The lowest BCUT2D eigenvalue weighted by Gasteiger charge is -2.31. The number of aromatic nitrogens is 1. The van der Waals surface area contributed by atoms with Gasteiger partial charge in [-0.1, -0.05) is 19.1 Å². The van der Waals surface area contributed by atoms with Crippen molar-refractivity contribution in [3.8, 4) is 11.6 Å². The first kappa shape index (κ1) is 15.3. The molecule has 0 bridgehead atoms. The molecule has 1 saturated heterocycles. The summed E-state index contributed by atoms with van der Waals surface area (Å²) in [5.41, 5.74) is 2.45. The average Bonchev–Trinajstić information content (AvgIpc) is 3.02. The molecule has 1 fully saturated rings. The predicted molar refractivity (Wildman–Crippen MR) is 94.8 cm³/mol. The number of ether oxygens (including phenoxy) is 2. The second kappa shape index (κ2) is 6.34. The highest BCUT2D eigenvalue weighted by molar-refractivity contribution is 5.51. The second-order valence-corrected chi connectivity index (χ2v) is 6.71. The first-order chi connectivity index (χ1) is 11.8. The average molecular weight is 324 g/mol. The van der Waals surface area contributed by atoms with Crippen LogP contribution in [-0.2, 0) is 0 Å². The number of hydrogen-bond acceptors (Lipinski definition) is 4. The van der Waals surface area contributed by atoms with Gasteiger partial charge in [0.1, 0.15) is 6.61 Å². The Morgan fingerprint density at radius 2 is 2.00 bits per heavy atom. The van der Waals surface area contributed by atoms with Gasteiger partial charge in [-0.05, 0) is 56.0 Å². The molecule has 0 radical (unpaired) electrons. The molecule has 2 aliphatic rings. The molecule has 0 N–H and O–H groups in total. The fourth-order valence-corrected chi connectivity index (χ4v) is 3.87. The van der Waals surface area contributed by atoms with Crippen LogP contribution in [-0.4, -0.2) is 23.7 Å². The first-order valence-electron chi connectivity index (χ1n) is 8.89. The Kier molecular flexibility index (Phi) is 4.05. The number of anilines is 1. The maximum atomic E-state index is 6.00. The molecule has 3 atom stereocenters. The molecule has 0 unspecified atom stereocenters. The monoisotopic (exact) mass is 324 g/mol. The molecule has 2 aromatic rings. The molecule has 2 aliphatic heterocycles. The summed E-state index contributed by atoms with van der Waals surface area (Å²) < 4.78 is 11.8. The molecule has 126 valence electrons. The van der Waals surface area contributed by atoms with E-state index in [1.807, 2.05) is 12.1 Å². The minimum Gasteiger partial charge on any atom is -0.484 e. The van der Waals surface area contributed by atoms with E-state index in [-0.39, 0.29) is 6.10 Å². The van der Waals surface area contributed by atoms with E-state index in [0.717, 1.165) is 11.3 Å². The lowest BCUT2D eigenvalue weighted by molar-refractivity contribution is 0.0851. The molecule has 4 heteroatoms. The Morgan fingerprint density at radius 3 is 2.79 bits per heavy atom. The molecule has 0 saturated carbocycles. The van der Waals surface area contributed by atoms with Crippen LogP contribution in [0.15, 0.2) is 42.6 Å². The largest absolute Gasteiger partial charge is 0.484 e. The van der Waals surface area contributed by atoms with Gasteiger partial charge in [0, 0.05) is 24.0 Å². The SMILES string of the molecule is CC[C@@H]1CC[C@H](C)N1c1ccc([C@H]2COc3cccnc3O2)cc1. The Hall–Kier alpha value is -2.23. The van der Waals surface area contributed by atoms with E-state index in [4.69, 9.17) is 9.47 Å². The van der Waals surface area contributed by atoms with Crippen LogP contribution in [0.3, 0.4) is 0 Å². The molecular weight excluding hydrogens is 300 g/mol. The predicted octanol–water partition coefficient (Wildman–Crippen LogP) is 4.36. The van der Waals surface area contributed by atoms with Gasteiger partial charge in [0.05, 0.1) is 0 Å². The van der Waals surface area contributed by atoms with E-state index >= 15 is 0 Å². The molecule has 24 heavy (non-hydrogen) atoms. The fourth-order valence-electron chi connectivity index (χ4n) is 3.87. The topological polar surface area (TPSA) is 34.6 Å². The lowest BCUT2D eigenvalue weighted by Crippen LogP contribution is -2.34. The van der Waals surface area contributed by atoms with Gasteiger partial charge in [-0.3, -0.25) is 0 Å². The van der Waals surface area contributed by atoms with Crippen LogP contribution in [0.5, 0.6) is 11.6 Å². The smallest absolute Gasteiger partial charge is 0.257 e. The summed E-state index contributed by atoms with van der Waals surface area (Å²) in [7, 11) is 0. The maximum Gasteiger partial charge on any atom is 0.257 e. The molecule has 0 aliphatic carbocycles. The summed E-state index contributed by atoms with van der Waals surface area (Å²) in [4.78, 5) is 6.82. The van der Waals surface area contributed by atoms with Crippen LogP contribution in [0.4, 0.5) is 5.69 Å². The summed E-state index contributed by atoms with van der Waals surface area (Å²) in [6.45, 7) is 5.13. The molecule has 4 nitrogen and oxygen atoms in total. The number of rotatable bonds is 3. The van der Waals surface area contributed by atoms with Crippen molar-refractivity contribution in [1.82, 2.24) is 4.98 Å². The third kappa shape index (κ3) is 2.70. The van der Waals surface area contributed by atoms with Gasteiger partial charge in [0.15, 0.2) is 11.9 Å². The van der Waals surface area contributed by atoms with E-state index in [9.17, 15) is 0 Å². The number of hydrogen-bond donors (Lipinski definition) is 0. The number of benzene rings is 1. The van der Waals surface area contributed by atoms with Crippen molar-refractivity contribution < 1.29 is 9.47 Å². The Morgan fingerprint density at radius 1 is 1.17 bits per heavy atom. The standard InChI is InChI=1S/C20H24N2O2/c1-3-16-9-6-14(2)22(16)17-10-7-15(8-11-17)19-13-23-18-5-4-12-21-20(18)24-19/h4-5,7-8,10-12,14,16,19H,3,6,9,13H2,1-2H3/t14-,16+,19+/m0/s1. The van der Waals surface area contributed by atoms with Crippen LogP contribution in [0.25, 0.3) is 0 Å². The van der Waals surface area contributed by atoms with Crippen LogP contribution >= 0.6 is 0 Å². The zero-order valence-electron chi connectivity index (χ0n) is 14.3. The summed E-state index contributed by atoms with van der Waals surface area (Å²) in [5, 5.41) is 0. The maximum absolute atomic E-state index is 6.00. The van der Waals surface area contributed by atoms with Crippen molar-refractivity contribution in [3.05, 3.63) is 48.2 Å². The molecular formula is C20H24N2O2. The van der Waals surface area contributed by atoms with Crippen LogP contribution in [0.2, 0.25) is 0 Å². The number of pyridine rings is 1. The Labute approximate surface area is 143 Å². The van der Waals surface area contributed by atoms with Gasteiger partial charge >= 0.3 is 0 Å². The summed E-state index contributed by atoms with van der Waals surface area (Å²) in [6, 6.07) is 13.8. The highest BCUT2D eigenvalue weighted by Gasteiger charge is 2.30. The Bertz CT molecular complexity index is 701. The van der Waals surface area contributed by atoms with E-state index < -0.39 is 0 Å². The zero-order valence-corrected chi connectivity index (χ0v) is 14.3. The van der Waals surface area contributed by atoms with Gasteiger partial charge in [0.2, 0.25) is 0 Å². The van der Waals surface area contributed by atoms with Gasteiger partial charge in [0.25, 0.3) is 5.88 Å². The van der Waals surface area contributed by atoms with Crippen LogP contribution in [0, 0.1) is 0 Å². The Balaban J connectivity index is 1.52. The van der Waals surface area contributed by atoms with Crippen molar-refractivity contribution >= 4 is 5.69 Å². The van der Waals surface area contributed by atoms with E-state index in [1.165, 1.54) is 24.9 Å². The van der Waals surface area contributed by atoms with E-state index in [0.29, 0.717) is 24.6 Å². The molecule has 1 aromatic heterocycles. The highest BCUT2D eigenvalue weighted by Crippen LogP contribution is 2.36. The first-order valence-corrected chi connectivity index (χ1v) is 8.89. The second-order valence-electron chi connectivity index (χ2n) is 6.71. The lowest BCUT2D eigenvalue weighted by atomic mass is 10.1. The van der Waals surface area contributed by atoms with E-state index in [2.05, 4.69) is 48.0 Å². The zero-order chi connectivity index (χ0) is 16.5. The highest BCUT2D eigenvalue weighted by atomic mass is 16.6. The third-order valence-corrected chi connectivity index (χ3v) is 5.20. The van der Waals surface area contributed by atoms with Crippen molar-refractivity contribution in [2.75, 3.05) is 11.5 Å². The summed E-state index contributed by atoms with van der Waals surface area (Å²) >= 11 is 0. The van der Waals surface area contributed by atoms with Crippen LogP contribution < -0.4 is 14.4 Å². The van der Waals surface area contributed by atoms with Crippen molar-refractivity contribution in [2.45, 2.75) is 51.3 Å². The summed E-state index contributed by atoms with van der Waals surface area (Å²) in [6.07, 6.45) is 5.41. The molecule has 1 aromatic carbocycles. The molecule has 0 amide bonds. The fraction of sp³-hybridized carbons (Fsp3) is 0.450. The number of fused-ring (bicyclic) bond motifs is 1. The van der Waals surface area contributed by atoms with Gasteiger partial charge in [-0.15, -0.1) is 0 Å².